The molecule has 0 spiro atoms. The predicted octanol–water partition coefficient (Wildman–Crippen LogP) is 1.37. The number of pyridine rings is 1. The number of ether oxygens (including phenoxy) is 1. The predicted molar refractivity (Wildman–Crippen MR) is 67.2 cm³/mol. The first-order valence-corrected chi connectivity index (χ1v) is 5.67. The number of nitrogens with zero attached hydrogens (tertiary/aromatic N) is 1. The minimum absolute atomic E-state index is 0.186. The number of thiol groups is 1. The maximum absolute atomic E-state index is 11.6. The topological polar surface area (TPSA) is 68.3 Å². The van der Waals surface area contributed by atoms with Crippen LogP contribution in [0.3, 0.4) is 0 Å². The summed E-state index contributed by atoms with van der Waals surface area (Å²) in [5.74, 6) is -0.101. The van der Waals surface area contributed by atoms with E-state index in [1.165, 1.54) is 25.4 Å². The van der Waals surface area contributed by atoms with E-state index < -0.39 is 5.97 Å². The van der Waals surface area contributed by atoms with Crippen LogP contribution < -0.4 is 5.32 Å². The summed E-state index contributed by atoms with van der Waals surface area (Å²) in [6, 6.07) is 2.98. The van der Waals surface area contributed by atoms with Crippen molar-refractivity contribution in [2.24, 2.45) is 5.92 Å². The maximum Gasteiger partial charge on any atom is 0.338 e. The Balaban J connectivity index is 2.79. The second kappa shape index (κ2) is 6.24. The Morgan fingerprint density at radius 1 is 1.59 bits per heavy atom. The minimum Gasteiger partial charge on any atom is -0.465 e. The summed E-state index contributed by atoms with van der Waals surface area (Å²) < 4.78 is 4.57. The quantitative estimate of drug-likeness (QED) is 0.629. The van der Waals surface area contributed by atoms with Gasteiger partial charge in [-0.2, -0.15) is 12.6 Å². The zero-order valence-corrected chi connectivity index (χ0v) is 10.5. The number of carbonyl (C=O) groups excluding carboxylic acids is 2. The van der Waals surface area contributed by atoms with E-state index in [9.17, 15) is 9.59 Å². The van der Waals surface area contributed by atoms with Gasteiger partial charge in [0.15, 0.2) is 0 Å². The van der Waals surface area contributed by atoms with Crippen LogP contribution in [0.2, 0.25) is 0 Å². The van der Waals surface area contributed by atoms with E-state index in [-0.39, 0.29) is 11.8 Å². The van der Waals surface area contributed by atoms with Crippen molar-refractivity contribution in [1.82, 2.24) is 4.98 Å². The van der Waals surface area contributed by atoms with Crippen LogP contribution >= 0.6 is 12.6 Å². The van der Waals surface area contributed by atoms with Gasteiger partial charge in [-0.1, -0.05) is 6.92 Å². The molecule has 17 heavy (non-hydrogen) atoms. The molecule has 0 bridgehead atoms. The Morgan fingerprint density at radius 2 is 2.29 bits per heavy atom. The third-order valence-electron chi connectivity index (χ3n) is 2.15. The van der Waals surface area contributed by atoms with E-state index in [1.54, 1.807) is 6.92 Å². The molecule has 0 aromatic carbocycles. The summed E-state index contributed by atoms with van der Waals surface area (Å²) in [7, 11) is 1.30. The van der Waals surface area contributed by atoms with Gasteiger partial charge in [-0.3, -0.25) is 4.79 Å². The van der Waals surface area contributed by atoms with Gasteiger partial charge in [0.05, 0.1) is 12.7 Å². The van der Waals surface area contributed by atoms with Crippen LogP contribution in [0.5, 0.6) is 0 Å². The number of hydrogen-bond acceptors (Lipinski definition) is 5. The van der Waals surface area contributed by atoms with E-state index in [0.717, 1.165) is 0 Å². The average Bonchev–Trinajstić information content (AvgIpc) is 2.37. The molecule has 0 aliphatic rings. The summed E-state index contributed by atoms with van der Waals surface area (Å²) in [6.45, 7) is 1.76. The SMILES string of the molecule is COC(=O)c1ccnc(NC(=O)C(C)CS)c1. The third kappa shape index (κ3) is 3.74. The van der Waals surface area contributed by atoms with Crippen LogP contribution in [-0.2, 0) is 9.53 Å². The van der Waals surface area contributed by atoms with Crippen molar-refractivity contribution < 1.29 is 14.3 Å². The zero-order valence-electron chi connectivity index (χ0n) is 9.64. The molecular formula is C11H14N2O3S. The molecule has 0 radical (unpaired) electrons. The smallest absolute Gasteiger partial charge is 0.338 e. The van der Waals surface area contributed by atoms with Gasteiger partial charge in [0.1, 0.15) is 5.82 Å². The fourth-order valence-electron chi connectivity index (χ4n) is 1.08. The van der Waals surface area contributed by atoms with Crippen LogP contribution in [0.1, 0.15) is 17.3 Å². The number of nitrogens with one attached hydrogen (secondary N) is 1. The lowest BCUT2D eigenvalue weighted by molar-refractivity contribution is -0.118. The van der Waals surface area contributed by atoms with Crippen molar-refractivity contribution >= 4 is 30.3 Å². The molecule has 92 valence electrons. The highest BCUT2D eigenvalue weighted by Gasteiger charge is 2.13. The van der Waals surface area contributed by atoms with E-state index in [4.69, 9.17) is 0 Å². The fraction of sp³-hybridized carbons (Fsp3) is 0.364. The molecule has 0 aliphatic heterocycles. The first-order chi connectivity index (χ1) is 8.08. The molecular weight excluding hydrogens is 240 g/mol. The number of esters is 1. The lowest BCUT2D eigenvalue weighted by Crippen LogP contribution is -2.22. The van der Waals surface area contributed by atoms with Crippen LogP contribution in [0, 0.1) is 5.92 Å². The van der Waals surface area contributed by atoms with Crippen molar-refractivity contribution in [3.63, 3.8) is 0 Å². The van der Waals surface area contributed by atoms with E-state index in [0.29, 0.717) is 17.1 Å². The normalized spacial score (nSPS) is 11.7. The Bertz CT molecular complexity index is 423. The number of hydrogen-bond donors (Lipinski definition) is 2. The standard InChI is InChI=1S/C11H14N2O3S/c1-7(6-17)10(14)13-9-5-8(3-4-12-9)11(15)16-2/h3-5,7,17H,6H2,1-2H3,(H,12,13,14). The van der Waals surface area contributed by atoms with Crippen molar-refractivity contribution in [1.29, 1.82) is 0 Å². The first-order valence-electron chi connectivity index (χ1n) is 5.04. The molecule has 1 N–H and O–H groups in total. The van der Waals surface area contributed by atoms with Crippen LogP contribution in [0.25, 0.3) is 0 Å². The van der Waals surface area contributed by atoms with Crippen molar-refractivity contribution in [3.05, 3.63) is 23.9 Å². The monoisotopic (exact) mass is 254 g/mol. The lowest BCUT2D eigenvalue weighted by Gasteiger charge is -2.09. The maximum atomic E-state index is 11.6. The van der Waals surface area contributed by atoms with Crippen molar-refractivity contribution in [3.8, 4) is 0 Å². The molecule has 0 fully saturated rings. The van der Waals surface area contributed by atoms with Gasteiger partial charge in [0, 0.05) is 17.9 Å². The molecule has 0 aliphatic carbocycles. The second-order valence-electron chi connectivity index (χ2n) is 3.49. The molecule has 1 heterocycles. The largest absolute Gasteiger partial charge is 0.465 e. The van der Waals surface area contributed by atoms with Gasteiger partial charge in [0.2, 0.25) is 5.91 Å². The van der Waals surface area contributed by atoms with Crippen molar-refractivity contribution in [2.75, 3.05) is 18.2 Å². The van der Waals surface area contributed by atoms with Gasteiger partial charge in [-0.15, -0.1) is 0 Å². The summed E-state index contributed by atoms with van der Waals surface area (Å²) in [5, 5.41) is 2.61. The van der Waals surface area contributed by atoms with Crippen LogP contribution in [0.4, 0.5) is 5.82 Å². The van der Waals surface area contributed by atoms with Crippen LogP contribution in [-0.4, -0.2) is 29.7 Å². The van der Waals surface area contributed by atoms with E-state index >= 15 is 0 Å². The molecule has 6 heteroatoms. The van der Waals surface area contributed by atoms with Gasteiger partial charge in [0.25, 0.3) is 0 Å². The highest BCUT2D eigenvalue weighted by molar-refractivity contribution is 7.80. The zero-order chi connectivity index (χ0) is 12.8. The Hall–Kier alpha value is -1.56. The number of amides is 1. The highest BCUT2D eigenvalue weighted by atomic mass is 32.1. The van der Waals surface area contributed by atoms with Gasteiger partial charge in [-0.25, -0.2) is 9.78 Å². The number of methoxy groups -OCH3 is 1. The highest BCUT2D eigenvalue weighted by Crippen LogP contribution is 2.10. The summed E-state index contributed by atoms with van der Waals surface area (Å²) in [4.78, 5) is 26.8. The molecule has 1 rings (SSSR count). The number of carbonyl (C=O) groups is 2. The molecule has 0 saturated carbocycles. The molecule has 1 amide bonds. The number of anilines is 1. The number of rotatable bonds is 4. The van der Waals surface area contributed by atoms with Crippen LogP contribution in [0.15, 0.2) is 18.3 Å². The van der Waals surface area contributed by atoms with Gasteiger partial charge in [-0.05, 0) is 12.1 Å². The summed E-state index contributed by atoms with van der Waals surface area (Å²) >= 11 is 4.03. The lowest BCUT2D eigenvalue weighted by atomic mass is 10.2. The average molecular weight is 254 g/mol. The van der Waals surface area contributed by atoms with E-state index in [1.807, 2.05) is 0 Å². The Morgan fingerprint density at radius 3 is 2.88 bits per heavy atom. The first kappa shape index (κ1) is 13.5. The Kier molecular flexibility index (Phi) is 4.96. The van der Waals surface area contributed by atoms with Gasteiger partial charge >= 0.3 is 5.97 Å². The van der Waals surface area contributed by atoms with Crippen molar-refractivity contribution in [2.45, 2.75) is 6.92 Å². The third-order valence-corrected chi connectivity index (χ3v) is 2.70. The van der Waals surface area contributed by atoms with Gasteiger partial charge < -0.3 is 10.1 Å². The molecule has 5 nitrogen and oxygen atoms in total. The second-order valence-corrected chi connectivity index (χ2v) is 3.86. The fourth-order valence-corrected chi connectivity index (χ4v) is 1.24. The summed E-state index contributed by atoms with van der Waals surface area (Å²) in [5.41, 5.74) is 0.344. The summed E-state index contributed by atoms with van der Waals surface area (Å²) in [6.07, 6.45) is 1.44. The number of aromatic nitrogens is 1. The Labute approximate surface area is 105 Å². The molecule has 1 unspecified atom stereocenters. The molecule has 1 aromatic heterocycles. The molecule has 1 atom stereocenters. The minimum atomic E-state index is -0.467. The molecule has 1 aromatic rings. The van der Waals surface area contributed by atoms with E-state index in [2.05, 4.69) is 27.7 Å². The molecule has 0 saturated heterocycles.